The fourth-order valence-electron chi connectivity index (χ4n) is 3.30. The second-order valence-corrected chi connectivity index (χ2v) is 6.93. The highest BCUT2D eigenvalue weighted by molar-refractivity contribution is 9.10. The van der Waals surface area contributed by atoms with E-state index in [1.807, 2.05) is 18.2 Å². The van der Waals surface area contributed by atoms with Gasteiger partial charge in [0.1, 0.15) is 11.2 Å². The van der Waals surface area contributed by atoms with Gasteiger partial charge in [-0.15, -0.1) is 0 Å². The van der Waals surface area contributed by atoms with E-state index in [2.05, 4.69) is 76.6 Å². The van der Waals surface area contributed by atoms with E-state index < -0.39 is 0 Å². The molecule has 0 N–H and O–H groups in total. The first-order chi connectivity index (χ1) is 11.8. The number of benzene rings is 4. The van der Waals surface area contributed by atoms with Crippen molar-refractivity contribution in [2.24, 2.45) is 0 Å². The van der Waals surface area contributed by atoms with Gasteiger partial charge in [-0.2, -0.15) is 0 Å². The molecule has 116 valence electrons. The third-order valence-corrected chi connectivity index (χ3v) is 5.01. The Balaban J connectivity index is 0.00000157. The number of fused-ring (bicyclic) bond motifs is 4. The van der Waals surface area contributed by atoms with Crippen LogP contribution >= 0.6 is 15.9 Å². The van der Waals surface area contributed by atoms with Crippen LogP contribution in [-0.4, -0.2) is 0 Å². The average molecular weight is 376 g/mol. The molecule has 1 aromatic heterocycles. The number of rotatable bonds is 1. The van der Waals surface area contributed by atoms with E-state index in [1.54, 1.807) is 0 Å². The normalized spacial score (nSPS) is 11.5. The molecule has 1 heterocycles. The zero-order chi connectivity index (χ0) is 16.1. The second kappa shape index (κ2) is 5.22. The van der Waals surface area contributed by atoms with Crippen LogP contribution in [0.5, 0.6) is 0 Å². The second-order valence-electron chi connectivity index (χ2n) is 6.02. The molecule has 0 saturated heterocycles. The molecule has 0 aliphatic heterocycles. The Morgan fingerprint density at radius 3 is 2.33 bits per heavy atom. The van der Waals surface area contributed by atoms with Gasteiger partial charge in [-0.25, -0.2) is 0 Å². The van der Waals surface area contributed by atoms with Crippen LogP contribution in [0.4, 0.5) is 0 Å². The predicted molar refractivity (Wildman–Crippen MR) is 106 cm³/mol. The average Bonchev–Trinajstić information content (AvgIpc) is 2.98. The van der Waals surface area contributed by atoms with Crippen molar-refractivity contribution >= 4 is 48.6 Å². The van der Waals surface area contributed by atoms with Crippen LogP contribution in [0.15, 0.2) is 87.8 Å². The quantitative estimate of drug-likeness (QED) is 0.297. The maximum atomic E-state index is 6.01. The topological polar surface area (TPSA) is 13.1 Å². The molecule has 0 aliphatic carbocycles. The molecular weight excluding hydrogens is 360 g/mol. The minimum Gasteiger partial charge on any atom is -0.456 e. The van der Waals surface area contributed by atoms with Crippen molar-refractivity contribution in [3.05, 3.63) is 83.3 Å². The van der Waals surface area contributed by atoms with E-state index in [0.717, 1.165) is 21.0 Å². The standard InChI is InChI=1S/C22H13BrO.H2/c23-18-9-7-14-5-6-15(11-17(14)12-18)16-8-10-20-19-3-1-2-4-21(19)24-22(20)13-16;/h1-13H;1H/i;1+1. The van der Waals surface area contributed by atoms with Crippen molar-refractivity contribution in [1.82, 2.24) is 0 Å². The zero-order valence-corrected chi connectivity index (χ0v) is 14.4. The first-order valence-electron chi connectivity index (χ1n) is 7.89. The summed E-state index contributed by atoms with van der Waals surface area (Å²) in [6, 6.07) is 27.5. The van der Waals surface area contributed by atoms with Gasteiger partial charge >= 0.3 is 0 Å². The van der Waals surface area contributed by atoms with Crippen molar-refractivity contribution in [1.29, 1.82) is 0 Å². The van der Waals surface area contributed by atoms with Gasteiger partial charge in [-0.1, -0.05) is 58.4 Å². The van der Waals surface area contributed by atoms with Gasteiger partial charge in [0.2, 0.25) is 0 Å². The summed E-state index contributed by atoms with van der Waals surface area (Å²) >= 11 is 3.55. The number of para-hydroxylation sites is 1. The van der Waals surface area contributed by atoms with Crippen molar-refractivity contribution in [2.75, 3.05) is 0 Å². The summed E-state index contributed by atoms with van der Waals surface area (Å²) in [5.74, 6) is 0. The Morgan fingerprint density at radius 1 is 0.625 bits per heavy atom. The Bertz CT molecular complexity index is 1220. The molecule has 0 saturated carbocycles. The molecule has 5 aromatic rings. The number of hydrogen-bond acceptors (Lipinski definition) is 1. The minimum atomic E-state index is 0. The lowest BCUT2D eigenvalue weighted by Crippen LogP contribution is -1.79. The highest BCUT2D eigenvalue weighted by Gasteiger charge is 2.08. The lowest BCUT2D eigenvalue weighted by molar-refractivity contribution is 0.669. The molecule has 0 unspecified atom stereocenters. The molecule has 2 heteroatoms. The monoisotopic (exact) mass is 375 g/mol. The fourth-order valence-corrected chi connectivity index (χ4v) is 3.68. The molecule has 0 radical (unpaired) electrons. The zero-order valence-electron chi connectivity index (χ0n) is 12.8. The van der Waals surface area contributed by atoms with Crippen molar-refractivity contribution in [3.8, 4) is 11.1 Å². The van der Waals surface area contributed by atoms with E-state index in [1.165, 1.54) is 27.3 Å². The Morgan fingerprint density at radius 2 is 1.38 bits per heavy atom. The van der Waals surface area contributed by atoms with Crippen molar-refractivity contribution in [3.63, 3.8) is 0 Å². The van der Waals surface area contributed by atoms with Gasteiger partial charge in [0.25, 0.3) is 0 Å². The molecule has 0 amide bonds. The van der Waals surface area contributed by atoms with Crippen LogP contribution in [0.3, 0.4) is 0 Å². The first-order valence-corrected chi connectivity index (χ1v) is 8.68. The number of furan rings is 1. The van der Waals surface area contributed by atoms with Gasteiger partial charge in [0, 0.05) is 16.7 Å². The Hall–Kier alpha value is -2.58. The fraction of sp³-hybridized carbons (Fsp3) is 0. The lowest BCUT2D eigenvalue weighted by Gasteiger charge is -2.05. The van der Waals surface area contributed by atoms with Crippen LogP contribution in [0, 0.1) is 0 Å². The maximum Gasteiger partial charge on any atom is 0.136 e. The van der Waals surface area contributed by atoms with Gasteiger partial charge in [-0.05, 0) is 58.3 Å². The largest absolute Gasteiger partial charge is 0.456 e. The summed E-state index contributed by atoms with van der Waals surface area (Å²) in [5.41, 5.74) is 4.24. The predicted octanol–water partition coefficient (Wildman–Crippen LogP) is 7.41. The molecule has 0 bridgehead atoms. The van der Waals surface area contributed by atoms with Crippen molar-refractivity contribution < 1.29 is 5.84 Å². The molecule has 0 atom stereocenters. The molecule has 0 spiro atoms. The highest BCUT2D eigenvalue weighted by Crippen LogP contribution is 2.33. The number of hydrogen-bond donors (Lipinski definition) is 0. The van der Waals surface area contributed by atoms with E-state index >= 15 is 0 Å². The van der Waals surface area contributed by atoms with Gasteiger partial charge in [0.15, 0.2) is 0 Å². The van der Waals surface area contributed by atoms with Crippen LogP contribution in [0.2, 0.25) is 0 Å². The molecule has 4 aromatic carbocycles. The van der Waals surface area contributed by atoms with E-state index in [0.29, 0.717) is 0 Å². The Kier molecular flexibility index (Phi) is 3.00. The molecule has 1 nitrogen and oxygen atoms in total. The van der Waals surface area contributed by atoms with E-state index in [4.69, 9.17) is 4.42 Å². The van der Waals surface area contributed by atoms with Crippen LogP contribution in [0.1, 0.15) is 1.43 Å². The Labute approximate surface area is 149 Å². The third-order valence-electron chi connectivity index (χ3n) is 4.51. The number of halogens is 1. The summed E-state index contributed by atoms with van der Waals surface area (Å²) < 4.78 is 7.11. The molecule has 0 aliphatic rings. The maximum absolute atomic E-state index is 6.01. The summed E-state index contributed by atoms with van der Waals surface area (Å²) in [6.45, 7) is 0. The smallest absolute Gasteiger partial charge is 0.136 e. The first kappa shape index (κ1) is 13.8. The molecule has 24 heavy (non-hydrogen) atoms. The van der Waals surface area contributed by atoms with Crippen molar-refractivity contribution in [2.45, 2.75) is 0 Å². The SMILES string of the molecule is Brc1ccc2ccc(-c3ccc4c(c3)oc3ccccc34)cc2c1.[2HH]. The van der Waals surface area contributed by atoms with Crippen LogP contribution in [0.25, 0.3) is 43.8 Å². The summed E-state index contributed by atoms with van der Waals surface area (Å²) in [4.78, 5) is 0. The molecule has 5 rings (SSSR count). The third kappa shape index (κ3) is 2.15. The lowest BCUT2D eigenvalue weighted by atomic mass is 10.0. The van der Waals surface area contributed by atoms with E-state index in [9.17, 15) is 0 Å². The summed E-state index contributed by atoms with van der Waals surface area (Å²) in [7, 11) is 0. The molecule has 0 fully saturated rings. The summed E-state index contributed by atoms with van der Waals surface area (Å²) in [6.07, 6.45) is 0. The highest BCUT2D eigenvalue weighted by atomic mass is 79.9. The van der Waals surface area contributed by atoms with Crippen LogP contribution < -0.4 is 0 Å². The van der Waals surface area contributed by atoms with Gasteiger partial charge in [0.05, 0.1) is 0 Å². The van der Waals surface area contributed by atoms with Gasteiger partial charge < -0.3 is 4.42 Å². The van der Waals surface area contributed by atoms with E-state index in [-0.39, 0.29) is 1.43 Å². The van der Waals surface area contributed by atoms with Crippen LogP contribution in [-0.2, 0) is 0 Å². The summed E-state index contributed by atoms with van der Waals surface area (Å²) in [5, 5.41) is 4.80. The van der Waals surface area contributed by atoms with Gasteiger partial charge in [-0.3, -0.25) is 0 Å². The minimum absolute atomic E-state index is 0. The molecular formula is C22H15BrO.